The molecule has 156 valence electrons. The van der Waals surface area contributed by atoms with Crippen molar-refractivity contribution in [3.8, 4) is 0 Å². The van der Waals surface area contributed by atoms with E-state index in [1.807, 2.05) is 0 Å². The topological polar surface area (TPSA) is 43.4 Å². The highest BCUT2D eigenvalue weighted by atomic mass is 32.1. The number of thiocarbonyl (C=S) groups is 1. The van der Waals surface area contributed by atoms with Crippen molar-refractivity contribution >= 4 is 39.7 Å². The molecule has 3 heterocycles. The zero-order chi connectivity index (χ0) is 20.1. The molecule has 4 rings (SSSR count). The molecule has 6 heteroatoms. The van der Waals surface area contributed by atoms with E-state index in [4.69, 9.17) is 17.2 Å². The zero-order valence-electron chi connectivity index (χ0n) is 17.5. The van der Waals surface area contributed by atoms with Crippen molar-refractivity contribution in [2.45, 2.75) is 45.4 Å². The van der Waals surface area contributed by atoms with Gasteiger partial charge < -0.3 is 20.4 Å². The van der Waals surface area contributed by atoms with Crippen molar-refractivity contribution in [3.05, 3.63) is 29.8 Å². The number of anilines is 2. The molecule has 0 spiro atoms. The Morgan fingerprint density at radius 1 is 1.03 bits per heavy atom. The van der Waals surface area contributed by atoms with Gasteiger partial charge in [0.2, 0.25) is 0 Å². The van der Waals surface area contributed by atoms with Crippen LogP contribution in [-0.4, -0.2) is 54.3 Å². The molecule has 2 aliphatic heterocycles. The van der Waals surface area contributed by atoms with Gasteiger partial charge in [0, 0.05) is 30.7 Å². The van der Waals surface area contributed by atoms with Gasteiger partial charge in [0.1, 0.15) is 5.82 Å². The second kappa shape index (κ2) is 9.72. The quantitative estimate of drug-likeness (QED) is 0.546. The van der Waals surface area contributed by atoms with Crippen molar-refractivity contribution in [2.24, 2.45) is 0 Å². The lowest BCUT2D eigenvalue weighted by Crippen LogP contribution is -2.31. The van der Waals surface area contributed by atoms with E-state index in [1.54, 1.807) is 0 Å². The number of nitrogens with zero attached hydrogens (tertiary/aromatic N) is 3. The highest BCUT2D eigenvalue weighted by molar-refractivity contribution is 7.80. The fraction of sp³-hybridized carbons (Fsp3) is 0.565. The normalized spacial score (nSPS) is 17.6. The standard InChI is InChI=1S/C23H33N5S/c1-18-16-22(28-14-3-2-4-15-28)26-21-9-8-19(17-20(18)21)25-23(29)24-10-7-13-27-11-5-6-12-27/h8-9,16-17H,2-7,10-15H2,1H3,(H2,24,25,29). The van der Waals surface area contributed by atoms with Gasteiger partial charge in [-0.15, -0.1) is 0 Å². The van der Waals surface area contributed by atoms with Crippen molar-refractivity contribution in [3.63, 3.8) is 0 Å². The number of fused-ring (bicyclic) bond motifs is 1. The van der Waals surface area contributed by atoms with Gasteiger partial charge in [-0.25, -0.2) is 4.98 Å². The molecule has 0 unspecified atom stereocenters. The molecular formula is C23H33N5S. The first-order valence-corrected chi connectivity index (χ1v) is 11.5. The van der Waals surface area contributed by atoms with Crippen LogP contribution < -0.4 is 15.5 Å². The molecule has 29 heavy (non-hydrogen) atoms. The lowest BCUT2D eigenvalue weighted by molar-refractivity contribution is 0.334. The monoisotopic (exact) mass is 411 g/mol. The van der Waals surface area contributed by atoms with Crippen molar-refractivity contribution in [1.29, 1.82) is 0 Å². The average molecular weight is 412 g/mol. The molecule has 0 aliphatic carbocycles. The van der Waals surface area contributed by atoms with E-state index >= 15 is 0 Å². The van der Waals surface area contributed by atoms with Crippen molar-refractivity contribution < 1.29 is 0 Å². The number of aryl methyl sites for hydroxylation is 1. The first-order valence-electron chi connectivity index (χ1n) is 11.1. The molecule has 1 aromatic carbocycles. The predicted molar refractivity (Wildman–Crippen MR) is 127 cm³/mol. The Morgan fingerprint density at radius 2 is 1.79 bits per heavy atom. The molecule has 5 nitrogen and oxygen atoms in total. The van der Waals surface area contributed by atoms with Crippen LogP contribution in [0.5, 0.6) is 0 Å². The fourth-order valence-electron chi connectivity index (χ4n) is 4.43. The summed E-state index contributed by atoms with van der Waals surface area (Å²) in [7, 11) is 0. The van der Waals surface area contributed by atoms with Crippen molar-refractivity contribution in [1.82, 2.24) is 15.2 Å². The smallest absolute Gasteiger partial charge is 0.170 e. The van der Waals surface area contributed by atoms with Gasteiger partial charge in [-0.2, -0.15) is 0 Å². The summed E-state index contributed by atoms with van der Waals surface area (Å²) in [5, 5.41) is 8.56. The molecule has 1 aromatic heterocycles. The first-order chi connectivity index (χ1) is 14.2. The van der Waals surface area contributed by atoms with Crippen LogP contribution in [0.1, 0.15) is 44.1 Å². The van der Waals surface area contributed by atoms with E-state index in [-0.39, 0.29) is 0 Å². The Morgan fingerprint density at radius 3 is 2.59 bits per heavy atom. The summed E-state index contributed by atoms with van der Waals surface area (Å²) < 4.78 is 0. The fourth-order valence-corrected chi connectivity index (χ4v) is 4.65. The number of piperidine rings is 1. The zero-order valence-corrected chi connectivity index (χ0v) is 18.4. The van der Waals surface area contributed by atoms with Gasteiger partial charge in [-0.1, -0.05) is 0 Å². The largest absolute Gasteiger partial charge is 0.362 e. The lowest BCUT2D eigenvalue weighted by Gasteiger charge is -2.28. The number of nitrogens with one attached hydrogen (secondary N) is 2. The van der Waals surface area contributed by atoms with Crippen LogP contribution in [0.15, 0.2) is 24.3 Å². The summed E-state index contributed by atoms with van der Waals surface area (Å²) >= 11 is 5.49. The molecule has 2 N–H and O–H groups in total. The third-order valence-corrected chi connectivity index (χ3v) is 6.32. The number of rotatable bonds is 6. The predicted octanol–water partition coefficient (Wildman–Crippen LogP) is 4.31. The molecule has 2 aliphatic rings. The molecule has 0 saturated carbocycles. The summed E-state index contributed by atoms with van der Waals surface area (Å²) in [5.74, 6) is 1.12. The molecule has 2 saturated heterocycles. The second-order valence-electron chi connectivity index (χ2n) is 8.36. The number of aromatic nitrogens is 1. The van der Waals surface area contributed by atoms with Crippen molar-refractivity contribution in [2.75, 3.05) is 49.5 Å². The van der Waals surface area contributed by atoms with Gasteiger partial charge in [-0.3, -0.25) is 0 Å². The van der Waals surface area contributed by atoms with Gasteiger partial charge in [-0.05, 0) is 107 Å². The minimum absolute atomic E-state index is 0.696. The second-order valence-corrected chi connectivity index (χ2v) is 8.77. The van der Waals surface area contributed by atoms with Gasteiger partial charge >= 0.3 is 0 Å². The molecule has 0 atom stereocenters. The van der Waals surface area contributed by atoms with Crippen LogP contribution in [-0.2, 0) is 0 Å². The summed E-state index contributed by atoms with van der Waals surface area (Å²) in [5.41, 5.74) is 3.34. The summed E-state index contributed by atoms with van der Waals surface area (Å²) in [6.45, 7) is 9.01. The number of hydrogen-bond acceptors (Lipinski definition) is 4. The van der Waals surface area contributed by atoms with E-state index in [0.29, 0.717) is 5.11 Å². The maximum absolute atomic E-state index is 5.49. The minimum atomic E-state index is 0.696. The van der Waals surface area contributed by atoms with Gasteiger partial charge in [0.25, 0.3) is 0 Å². The molecule has 2 fully saturated rings. The number of likely N-dealkylation sites (tertiary alicyclic amines) is 1. The van der Waals surface area contributed by atoms with E-state index in [9.17, 15) is 0 Å². The van der Waals surface area contributed by atoms with E-state index in [2.05, 4.69) is 51.6 Å². The Balaban J connectivity index is 1.34. The van der Waals surface area contributed by atoms with E-state index in [0.717, 1.165) is 49.6 Å². The van der Waals surface area contributed by atoms with Crippen LogP contribution in [0.25, 0.3) is 10.9 Å². The summed E-state index contributed by atoms with van der Waals surface area (Å²) in [6, 6.07) is 8.57. The third-order valence-electron chi connectivity index (χ3n) is 6.08. The Labute approximate surface area is 179 Å². The van der Waals surface area contributed by atoms with Crippen LogP contribution in [0.3, 0.4) is 0 Å². The van der Waals surface area contributed by atoms with Crippen LogP contribution in [0.4, 0.5) is 11.5 Å². The third kappa shape index (κ3) is 5.37. The maximum Gasteiger partial charge on any atom is 0.170 e. The number of benzene rings is 1. The Bertz CT molecular complexity index is 841. The highest BCUT2D eigenvalue weighted by Crippen LogP contribution is 2.26. The molecular weight excluding hydrogens is 378 g/mol. The SMILES string of the molecule is Cc1cc(N2CCCCC2)nc2ccc(NC(=S)NCCCN3CCCC3)cc12. The highest BCUT2D eigenvalue weighted by Gasteiger charge is 2.14. The first kappa shape index (κ1) is 20.4. The van der Waals surface area contributed by atoms with Gasteiger partial charge in [0.05, 0.1) is 5.52 Å². The van der Waals surface area contributed by atoms with E-state index in [1.165, 1.54) is 56.1 Å². The van der Waals surface area contributed by atoms with Crippen LogP contribution in [0, 0.1) is 6.92 Å². The molecule has 0 radical (unpaired) electrons. The maximum atomic E-state index is 5.49. The number of hydrogen-bond donors (Lipinski definition) is 2. The lowest BCUT2D eigenvalue weighted by atomic mass is 10.1. The van der Waals surface area contributed by atoms with E-state index < -0.39 is 0 Å². The van der Waals surface area contributed by atoms with Crippen LogP contribution >= 0.6 is 12.2 Å². The molecule has 0 bridgehead atoms. The summed E-state index contributed by atoms with van der Waals surface area (Å²) in [4.78, 5) is 9.88. The van der Waals surface area contributed by atoms with Gasteiger partial charge in [0.15, 0.2) is 5.11 Å². The average Bonchev–Trinajstić information content (AvgIpc) is 3.26. The number of pyridine rings is 1. The minimum Gasteiger partial charge on any atom is -0.362 e. The Hall–Kier alpha value is -1.92. The Kier molecular flexibility index (Phi) is 6.82. The molecule has 2 aromatic rings. The molecule has 0 amide bonds. The summed E-state index contributed by atoms with van der Waals surface area (Å²) in [6.07, 6.45) is 7.70. The van der Waals surface area contributed by atoms with Crippen LogP contribution in [0.2, 0.25) is 0 Å².